The lowest BCUT2D eigenvalue weighted by Gasteiger charge is -2.22. The summed E-state index contributed by atoms with van der Waals surface area (Å²) in [5.41, 5.74) is 10.2. The number of nitrogen functional groups attached to an aromatic ring is 1. The fraction of sp³-hybridized carbons (Fsp3) is 0.133. The lowest BCUT2D eigenvalue weighted by molar-refractivity contribution is 1.18. The second-order valence-electron chi connectivity index (χ2n) is 4.23. The van der Waals surface area contributed by atoms with E-state index in [9.17, 15) is 0 Å². The van der Waals surface area contributed by atoms with Crippen molar-refractivity contribution < 1.29 is 0 Å². The van der Waals surface area contributed by atoms with Gasteiger partial charge in [0.25, 0.3) is 0 Å². The van der Waals surface area contributed by atoms with Crippen molar-refractivity contribution in [1.29, 1.82) is 5.26 Å². The Morgan fingerprint density at radius 2 is 1.89 bits per heavy atom. The molecule has 0 unspecified atom stereocenters. The first-order chi connectivity index (χ1) is 8.63. The van der Waals surface area contributed by atoms with E-state index in [1.165, 1.54) is 5.56 Å². The predicted octanol–water partition coefficient (Wildman–Crippen LogP) is 3.22. The van der Waals surface area contributed by atoms with Crippen LogP contribution in [0.5, 0.6) is 0 Å². The second-order valence-corrected chi connectivity index (χ2v) is 4.23. The predicted molar refractivity (Wildman–Crippen MR) is 74.8 cm³/mol. The lowest BCUT2D eigenvalue weighted by atomic mass is 10.1. The second kappa shape index (κ2) is 4.80. The molecule has 0 aromatic heterocycles. The van der Waals surface area contributed by atoms with Crippen molar-refractivity contribution in [2.45, 2.75) is 6.92 Å². The largest absolute Gasteiger partial charge is 0.398 e. The molecule has 2 rings (SSSR count). The molecule has 0 bridgehead atoms. The Hall–Kier alpha value is -2.47. The SMILES string of the molecule is Cc1ccccc1N(C)c1ccc(C#N)c(N)c1. The average Bonchev–Trinajstić information content (AvgIpc) is 2.38. The summed E-state index contributed by atoms with van der Waals surface area (Å²) in [6.45, 7) is 2.07. The lowest BCUT2D eigenvalue weighted by Crippen LogP contribution is -2.11. The number of hydrogen-bond acceptors (Lipinski definition) is 3. The van der Waals surface area contributed by atoms with Crippen LogP contribution in [0.1, 0.15) is 11.1 Å². The van der Waals surface area contributed by atoms with E-state index < -0.39 is 0 Å². The Kier molecular flexibility index (Phi) is 3.20. The molecule has 2 aromatic carbocycles. The fourth-order valence-electron chi connectivity index (χ4n) is 1.94. The minimum Gasteiger partial charge on any atom is -0.398 e. The van der Waals surface area contributed by atoms with Gasteiger partial charge in [-0.2, -0.15) is 5.26 Å². The molecule has 3 nitrogen and oxygen atoms in total. The van der Waals surface area contributed by atoms with Crippen LogP contribution in [0.3, 0.4) is 0 Å². The van der Waals surface area contributed by atoms with Crippen molar-refractivity contribution in [1.82, 2.24) is 0 Å². The monoisotopic (exact) mass is 237 g/mol. The molecule has 2 aromatic rings. The first-order valence-electron chi connectivity index (χ1n) is 5.72. The van der Waals surface area contributed by atoms with Crippen molar-refractivity contribution in [2.24, 2.45) is 0 Å². The maximum atomic E-state index is 8.87. The van der Waals surface area contributed by atoms with Gasteiger partial charge in [0.05, 0.1) is 11.3 Å². The van der Waals surface area contributed by atoms with Crippen LogP contribution in [-0.2, 0) is 0 Å². The molecule has 0 fully saturated rings. The molecule has 90 valence electrons. The molecule has 0 heterocycles. The van der Waals surface area contributed by atoms with Gasteiger partial charge in [0.1, 0.15) is 6.07 Å². The highest BCUT2D eigenvalue weighted by Crippen LogP contribution is 2.28. The highest BCUT2D eigenvalue weighted by molar-refractivity contribution is 5.70. The van der Waals surface area contributed by atoms with Gasteiger partial charge in [-0.15, -0.1) is 0 Å². The van der Waals surface area contributed by atoms with Gasteiger partial charge in [0.2, 0.25) is 0 Å². The molecule has 0 saturated carbocycles. The summed E-state index contributed by atoms with van der Waals surface area (Å²) in [6.07, 6.45) is 0. The molecule has 18 heavy (non-hydrogen) atoms. The molecule has 0 aliphatic carbocycles. The molecule has 0 atom stereocenters. The number of para-hydroxylation sites is 1. The van der Waals surface area contributed by atoms with E-state index in [0.29, 0.717) is 11.3 Å². The number of nitrogens with two attached hydrogens (primary N) is 1. The molecular weight excluding hydrogens is 222 g/mol. The van der Waals surface area contributed by atoms with Crippen LogP contribution < -0.4 is 10.6 Å². The Labute approximate surface area is 107 Å². The van der Waals surface area contributed by atoms with Crippen molar-refractivity contribution >= 4 is 17.1 Å². The first-order valence-corrected chi connectivity index (χ1v) is 5.72. The molecule has 0 aliphatic rings. The Bertz CT molecular complexity index is 611. The topological polar surface area (TPSA) is 53.0 Å². The van der Waals surface area contributed by atoms with E-state index in [0.717, 1.165) is 11.4 Å². The summed E-state index contributed by atoms with van der Waals surface area (Å²) in [5, 5.41) is 8.87. The van der Waals surface area contributed by atoms with E-state index >= 15 is 0 Å². The van der Waals surface area contributed by atoms with Crippen LogP contribution in [-0.4, -0.2) is 7.05 Å². The van der Waals surface area contributed by atoms with Gasteiger partial charge in [-0.25, -0.2) is 0 Å². The summed E-state index contributed by atoms with van der Waals surface area (Å²) in [6, 6.07) is 15.7. The van der Waals surface area contributed by atoms with E-state index in [1.807, 2.05) is 31.3 Å². The maximum absolute atomic E-state index is 8.87. The Balaban J connectivity index is 2.41. The van der Waals surface area contributed by atoms with Crippen LogP contribution in [0.2, 0.25) is 0 Å². The summed E-state index contributed by atoms with van der Waals surface area (Å²) in [7, 11) is 1.99. The highest BCUT2D eigenvalue weighted by Gasteiger charge is 2.08. The fourth-order valence-corrected chi connectivity index (χ4v) is 1.94. The van der Waals surface area contributed by atoms with Gasteiger partial charge < -0.3 is 10.6 Å². The van der Waals surface area contributed by atoms with Crippen molar-refractivity contribution in [3.05, 3.63) is 53.6 Å². The standard InChI is InChI=1S/C15H15N3/c1-11-5-3-4-6-15(11)18(2)13-8-7-12(10-16)14(17)9-13/h3-9H,17H2,1-2H3. The number of rotatable bonds is 2. The quantitative estimate of drug-likeness (QED) is 0.816. The normalized spacial score (nSPS) is 9.83. The van der Waals surface area contributed by atoms with Crippen molar-refractivity contribution in [2.75, 3.05) is 17.7 Å². The third-order valence-electron chi connectivity index (χ3n) is 3.02. The number of nitriles is 1. The molecule has 0 spiro atoms. The van der Waals surface area contributed by atoms with Crippen LogP contribution in [0.25, 0.3) is 0 Å². The average molecular weight is 237 g/mol. The molecule has 0 radical (unpaired) electrons. The number of anilines is 3. The zero-order chi connectivity index (χ0) is 13.1. The molecule has 0 amide bonds. The Morgan fingerprint density at radius 1 is 1.17 bits per heavy atom. The molecule has 0 aliphatic heterocycles. The third-order valence-corrected chi connectivity index (χ3v) is 3.02. The van der Waals surface area contributed by atoms with Gasteiger partial charge in [-0.1, -0.05) is 18.2 Å². The van der Waals surface area contributed by atoms with E-state index in [4.69, 9.17) is 11.0 Å². The number of nitrogens with zero attached hydrogens (tertiary/aromatic N) is 2. The third kappa shape index (κ3) is 2.14. The molecular formula is C15H15N3. The van der Waals surface area contributed by atoms with Gasteiger partial charge in [0.15, 0.2) is 0 Å². The summed E-state index contributed by atoms with van der Waals surface area (Å²) in [4.78, 5) is 2.06. The number of hydrogen-bond donors (Lipinski definition) is 1. The smallest absolute Gasteiger partial charge is 0.101 e. The van der Waals surface area contributed by atoms with Gasteiger partial charge in [-0.05, 0) is 36.8 Å². The number of aryl methyl sites for hydroxylation is 1. The zero-order valence-corrected chi connectivity index (χ0v) is 10.5. The summed E-state index contributed by atoms with van der Waals surface area (Å²) < 4.78 is 0. The van der Waals surface area contributed by atoms with Crippen molar-refractivity contribution in [3.8, 4) is 6.07 Å². The first kappa shape index (κ1) is 12.0. The van der Waals surface area contributed by atoms with Crippen LogP contribution in [0.15, 0.2) is 42.5 Å². The molecule has 3 heteroatoms. The van der Waals surface area contributed by atoms with Gasteiger partial charge in [0, 0.05) is 18.4 Å². The highest BCUT2D eigenvalue weighted by atomic mass is 15.1. The zero-order valence-electron chi connectivity index (χ0n) is 10.5. The van der Waals surface area contributed by atoms with Gasteiger partial charge in [-0.3, -0.25) is 0 Å². The summed E-state index contributed by atoms with van der Waals surface area (Å²) in [5.74, 6) is 0. The molecule has 2 N–H and O–H groups in total. The van der Waals surface area contributed by atoms with E-state index in [-0.39, 0.29) is 0 Å². The van der Waals surface area contributed by atoms with Crippen LogP contribution >= 0.6 is 0 Å². The maximum Gasteiger partial charge on any atom is 0.101 e. The number of benzene rings is 2. The summed E-state index contributed by atoms with van der Waals surface area (Å²) >= 11 is 0. The molecule has 0 saturated heterocycles. The minimum absolute atomic E-state index is 0.510. The minimum atomic E-state index is 0.510. The van der Waals surface area contributed by atoms with Crippen LogP contribution in [0, 0.1) is 18.3 Å². The van der Waals surface area contributed by atoms with E-state index in [2.05, 4.69) is 30.0 Å². The van der Waals surface area contributed by atoms with Crippen LogP contribution in [0.4, 0.5) is 17.1 Å². The van der Waals surface area contributed by atoms with E-state index in [1.54, 1.807) is 6.07 Å². The van der Waals surface area contributed by atoms with Gasteiger partial charge >= 0.3 is 0 Å². The van der Waals surface area contributed by atoms with Crippen molar-refractivity contribution in [3.63, 3.8) is 0 Å². The Morgan fingerprint density at radius 3 is 2.50 bits per heavy atom.